The maximum Gasteiger partial charge on any atom is 0.316 e. The standard InChI is InChI=1S/C15H18N6O2/c22-13(11-23-15-17-5-3-6-18-15)19-10-12-4-7-16-14(20-12)21-8-1-2-9-21/h3-7H,1-2,8-11H2,(H,19,22). The number of hydrogen-bond donors (Lipinski definition) is 1. The molecule has 1 N–H and O–H groups in total. The van der Waals surface area contributed by atoms with Crippen LogP contribution >= 0.6 is 0 Å². The van der Waals surface area contributed by atoms with Crippen LogP contribution in [0, 0.1) is 0 Å². The molecule has 0 aliphatic carbocycles. The number of carbonyl (C=O) groups is 1. The van der Waals surface area contributed by atoms with Gasteiger partial charge in [-0.1, -0.05) is 0 Å². The van der Waals surface area contributed by atoms with Crippen LogP contribution in [-0.2, 0) is 11.3 Å². The van der Waals surface area contributed by atoms with E-state index in [1.165, 1.54) is 12.8 Å². The first-order chi connectivity index (χ1) is 11.3. The number of nitrogens with zero attached hydrogens (tertiary/aromatic N) is 5. The van der Waals surface area contributed by atoms with Gasteiger partial charge in [-0.3, -0.25) is 4.79 Å². The first kappa shape index (κ1) is 15.1. The summed E-state index contributed by atoms with van der Waals surface area (Å²) in [5.41, 5.74) is 0.770. The molecule has 1 aliphatic heterocycles. The lowest BCUT2D eigenvalue weighted by Gasteiger charge is -2.15. The largest absolute Gasteiger partial charge is 0.453 e. The van der Waals surface area contributed by atoms with E-state index < -0.39 is 0 Å². The molecule has 120 valence electrons. The number of nitrogens with one attached hydrogen (secondary N) is 1. The zero-order valence-electron chi connectivity index (χ0n) is 12.7. The Labute approximate surface area is 134 Å². The van der Waals surface area contributed by atoms with Gasteiger partial charge in [-0.15, -0.1) is 0 Å². The number of hydrogen-bond acceptors (Lipinski definition) is 7. The summed E-state index contributed by atoms with van der Waals surface area (Å²) in [5, 5.41) is 2.76. The van der Waals surface area contributed by atoms with Gasteiger partial charge in [-0.25, -0.2) is 19.9 Å². The summed E-state index contributed by atoms with van der Waals surface area (Å²) in [6.07, 6.45) is 7.17. The summed E-state index contributed by atoms with van der Waals surface area (Å²) < 4.78 is 5.19. The minimum absolute atomic E-state index is 0.131. The lowest BCUT2D eigenvalue weighted by atomic mass is 10.4. The van der Waals surface area contributed by atoms with Crippen LogP contribution < -0.4 is 15.0 Å². The molecule has 0 unspecified atom stereocenters. The molecular formula is C15H18N6O2. The average molecular weight is 314 g/mol. The molecule has 3 rings (SSSR count). The predicted molar refractivity (Wildman–Crippen MR) is 82.9 cm³/mol. The van der Waals surface area contributed by atoms with Gasteiger partial charge >= 0.3 is 6.01 Å². The molecule has 0 bridgehead atoms. The van der Waals surface area contributed by atoms with Crippen LogP contribution in [0.1, 0.15) is 18.5 Å². The van der Waals surface area contributed by atoms with Crippen LogP contribution in [-0.4, -0.2) is 45.5 Å². The molecule has 3 heterocycles. The number of rotatable bonds is 6. The van der Waals surface area contributed by atoms with Gasteiger partial charge in [0.25, 0.3) is 5.91 Å². The van der Waals surface area contributed by atoms with Crippen molar-refractivity contribution in [3.05, 3.63) is 36.4 Å². The van der Waals surface area contributed by atoms with E-state index >= 15 is 0 Å². The Morgan fingerprint density at radius 3 is 2.74 bits per heavy atom. The highest BCUT2D eigenvalue weighted by Gasteiger charge is 2.15. The van der Waals surface area contributed by atoms with Crippen molar-refractivity contribution >= 4 is 11.9 Å². The van der Waals surface area contributed by atoms with Crippen molar-refractivity contribution in [1.29, 1.82) is 0 Å². The number of ether oxygens (including phenoxy) is 1. The van der Waals surface area contributed by atoms with Gasteiger partial charge in [0, 0.05) is 31.7 Å². The van der Waals surface area contributed by atoms with Crippen LogP contribution in [0.25, 0.3) is 0 Å². The van der Waals surface area contributed by atoms with Gasteiger partial charge in [0.05, 0.1) is 12.2 Å². The molecule has 8 nitrogen and oxygen atoms in total. The second-order valence-electron chi connectivity index (χ2n) is 5.14. The van der Waals surface area contributed by atoms with E-state index in [1.54, 1.807) is 30.7 Å². The summed E-state index contributed by atoms with van der Waals surface area (Å²) in [4.78, 5) is 30.5. The highest BCUT2D eigenvalue weighted by Crippen LogP contribution is 2.15. The molecule has 0 atom stereocenters. The lowest BCUT2D eigenvalue weighted by molar-refractivity contribution is -0.123. The Bertz CT molecular complexity index is 645. The third-order valence-electron chi connectivity index (χ3n) is 3.43. The zero-order valence-corrected chi connectivity index (χ0v) is 12.7. The van der Waals surface area contributed by atoms with Crippen LogP contribution in [0.4, 0.5) is 5.95 Å². The lowest BCUT2D eigenvalue weighted by Crippen LogP contribution is -2.29. The van der Waals surface area contributed by atoms with Crippen molar-refractivity contribution in [3.63, 3.8) is 0 Å². The molecule has 2 aromatic heterocycles. The van der Waals surface area contributed by atoms with Gasteiger partial charge < -0.3 is 15.0 Å². The smallest absolute Gasteiger partial charge is 0.316 e. The van der Waals surface area contributed by atoms with Crippen LogP contribution in [0.2, 0.25) is 0 Å². The van der Waals surface area contributed by atoms with Crippen LogP contribution in [0.5, 0.6) is 6.01 Å². The Kier molecular flexibility index (Phi) is 4.92. The number of anilines is 1. The molecule has 8 heteroatoms. The first-order valence-corrected chi connectivity index (χ1v) is 7.54. The molecule has 1 fully saturated rings. The molecule has 2 aromatic rings. The quantitative estimate of drug-likeness (QED) is 0.832. The Morgan fingerprint density at radius 2 is 1.96 bits per heavy atom. The summed E-state index contributed by atoms with van der Waals surface area (Å²) in [6.45, 7) is 2.18. The minimum atomic E-state index is -0.251. The van der Waals surface area contributed by atoms with Crippen molar-refractivity contribution in [2.24, 2.45) is 0 Å². The summed E-state index contributed by atoms with van der Waals surface area (Å²) in [7, 11) is 0. The maximum atomic E-state index is 11.8. The second kappa shape index (κ2) is 7.48. The van der Waals surface area contributed by atoms with E-state index in [-0.39, 0.29) is 18.5 Å². The van der Waals surface area contributed by atoms with Crippen molar-refractivity contribution < 1.29 is 9.53 Å². The fraction of sp³-hybridized carbons (Fsp3) is 0.400. The molecular weight excluding hydrogens is 296 g/mol. The average Bonchev–Trinajstić information content (AvgIpc) is 3.14. The number of carbonyl (C=O) groups excluding carboxylic acids is 1. The summed E-state index contributed by atoms with van der Waals surface area (Å²) in [6, 6.07) is 3.65. The topological polar surface area (TPSA) is 93.1 Å². The van der Waals surface area contributed by atoms with Gasteiger partial charge in [0.15, 0.2) is 6.61 Å². The molecule has 1 aliphatic rings. The highest BCUT2D eigenvalue weighted by atomic mass is 16.5. The van der Waals surface area contributed by atoms with E-state index in [0.29, 0.717) is 6.54 Å². The Hall–Kier alpha value is -2.77. The third-order valence-corrected chi connectivity index (χ3v) is 3.43. The van der Waals surface area contributed by atoms with Crippen molar-refractivity contribution in [3.8, 4) is 6.01 Å². The number of amides is 1. The van der Waals surface area contributed by atoms with Crippen molar-refractivity contribution in [2.45, 2.75) is 19.4 Å². The first-order valence-electron chi connectivity index (χ1n) is 7.54. The molecule has 0 radical (unpaired) electrons. The van der Waals surface area contributed by atoms with E-state index in [9.17, 15) is 4.79 Å². The summed E-state index contributed by atoms with van der Waals surface area (Å²) >= 11 is 0. The maximum absolute atomic E-state index is 11.8. The third kappa shape index (κ3) is 4.35. The van der Waals surface area contributed by atoms with E-state index in [4.69, 9.17) is 4.74 Å². The SMILES string of the molecule is O=C(COc1ncccn1)NCc1ccnc(N2CCCC2)n1. The van der Waals surface area contributed by atoms with E-state index in [0.717, 1.165) is 24.7 Å². The van der Waals surface area contributed by atoms with E-state index in [2.05, 4.69) is 30.2 Å². The highest BCUT2D eigenvalue weighted by molar-refractivity contribution is 5.77. The molecule has 0 aromatic carbocycles. The summed E-state index contributed by atoms with van der Waals surface area (Å²) in [5.74, 6) is 0.474. The fourth-order valence-corrected chi connectivity index (χ4v) is 2.28. The van der Waals surface area contributed by atoms with E-state index in [1.807, 2.05) is 0 Å². The Morgan fingerprint density at radius 1 is 1.17 bits per heavy atom. The predicted octanol–water partition coefficient (Wildman–Crippen LogP) is 0.562. The molecule has 1 amide bonds. The zero-order chi connectivity index (χ0) is 15.9. The van der Waals surface area contributed by atoms with Crippen LogP contribution in [0.3, 0.4) is 0 Å². The second-order valence-corrected chi connectivity index (χ2v) is 5.14. The van der Waals surface area contributed by atoms with Crippen LogP contribution in [0.15, 0.2) is 30.7 Å². The Balaban J connectivity index is 1.48. The normalized spacial score (nSPS) is 13.8. The van der Waals surface area contributed by atoms with Gasteiger partial charge in [0.2, 0.25) is 5.95 Å². The molecule has 0 saturated carbocycles. The van der Waals surface area contributed by atoms with Gasteiger partial charge in [-0.05, 0) is 25.0 Å². The van der Waals surface area contributed by atoms with Crippen molar-refractivity contribution in [2.75, 3.05) is 24.6 Å². The molecule has 23 heavy (non-hydrogen) atoms. The minimum Gasteiger partial charge on any atom is -0.453 e. The van der Waals surface area contributed by atoms with Gasteiger partial charge in [-0.2, -0.15) is 0 Å². The monoisotopic (exact) mass is 314 g/mol. The fourth-order valence-electron chi connectivity index (χ4n) is 2.28. The van der Waals surface area contributed by atoms with Crippen molar-refractivity contribution in [1.82, 2.24) is 25.3 Å². The van der Waals surface area contributed by atoms with Gasteiger partial charge in [0.1, 0.15) is 0 Å². The molecule has 1 saturated heterocycles. The molecule has 0 spiro atoms. The number of aromatic nitrogens is 4.